The number of likely N-dealkylation sites (tertiary alicyclic amines) is 1. The lowest BCUT2D eigenvalue weighted by atomic mass is 9.81. The van der Waals surface area contributed by atoms with Crippen LogP contribution in [0.3, 0.4) is 0 Å². The molecule has 2 amide bonds. The van der Waals surface area contributed by atoms with Crippen LogP contribution in [0.5, 0.6) is 0 Å². The van der Waals surface area contributed by atoms with Gasteiger partial charge in [-0.05, 0) is 36.5 Å². The summed E-state index contributed by atoms with van der Waals surface area (Å²) in [6.45, 7) is 2.16. The fraction of sp³-hybridized carbons (Fsp3) is 0.526. The molecule has 1 heterocycles. The quantitative estimate of drug-likeness (QED) is 0.824. The molecule has 7 heteroatoms. The highest BCUT2D eigenvalue weighted by Gasteiger charge is 2.55. The minimum absolute atomic E-state index is 0.0266. The van der Waals surface area contributed by atoms with Gasteiger partial charge in [-0.25, -0.2) is 0 Å². The summed E-state index contributed by atoms with van der Waals surface area (Å²) in [6.07, 6.45) is 2.48. The van der Waals surface area contributed by atoms with E-state index < -0.39 is 17.4 Å². The smallest absolute Gasteiger partial charge is 0.311 e. The molecule has 0 aromatic heterocycles. The summed E-state index contributed by atoms with van der Waals surface area (Å²) in [5.41, 5.74) is 0.00433. The second-order valence-corrected chi connectivity index (χ2v) is 7.77. The number of carbonyl (C=O) groups excluding carboxylic acids is 2. The number of hydrogen-bond acceptors (Lipinski definition) is 3. The molecule has 2 fully saturated rings. The number of carboxylic acids is 1. The number of rotatable bonds is 5. The van der Waals surface area contributed by atoms with Crippen molar-refractivity contribution in [3.63, 3.8) is 0 Å². The third-order valence-corrected chi connectivity index (χ3v) is 5.93. The highest BCUT2D eigenvalue weighted by molar-refractivity contribution is 6.30. The molecule has 3 atom stereocenters. The summed E-state index contributed by atoms with van der Waals surface area (Å²) in [5, 5.41) is 13.1. The van der Waals surface area contributed by atoms with Crippen molar-refractivity contribution in [2.75, 3.05) is 13.1 Å². The summed E-state index contributed by atoms with van der Waals surface area (Å²) < 4.78 is 0. The number of halogens is 1. The third-order valence-electron chi connectivity index (χ3n) is 5.68. The molecular formula is C19H23ClN2O4. The second kappa shape index (κ2) is 7.27. The van der Waals surface area contributed by atoms with Crippen LogP contribution < -0.4 is 5.32 Å². The number of amides is 2. The van der Waals surface area contributed by atoms with Crippen LogP contribution in [0.1, 0.15) is 44.2 Å². The number of benzene rings is 1. The maximum absolute atomic E-state index is 12.8. The first-order chi connectivity index (χ1) is 12.3. The number of nitrogens with zero attached hydrogens (tertiary/aromatic N) is 1. The predicted molar refractivity (Wildman–Crippen MR) is 96.6 cm³/mol. The van der Waals surface area contributed by atoms with Gasteiger partial charge >= 0.3 is 5.97 Å². The first-order valence-electron chi connectivity index (χ1n) is 8.85. The van der Waals surface area contributed by atoms with Crippen LogP contribution in [-0.4, -0.2) is 40.9 Å². The minimum atomic E-state index is -0.800. The molecule has 0 bridgehead atoms. The molecule has 1 saturated heterocycles. The molecule has 1 aliphatic heterocycles. The largest absolute Gasteiger partial charge is 0.481 e. The van der Waals surface area contributed by atoms with Crippen molar-refractivity contribution >= 4 is 29.4 Å². The molecule has 2 aliphatic rings. The van der Waals surface area contributed by atoms with Crippen LogP contribution in [0, 0.1) is 11.3 Å². The average Bonchev–Trinajstić information content (AvgIpc) is 3.12. The minimum Gasteiger partial charge on any atom is -0.481 e. The molecule has 1 saturated carbocycles. The molecule has 1 unspecified atom stereocenters. The second-order valence-electron chi connectivity index (χ2n) is 7.33. The summed E-state index contributed by atoms with van der Waals surface area (Å²) in [5.74, 6) is -1.13. The normalized spacial score (nSPS) is 25.6. The van der Waals surface area contributed by atoms with Gasteiger partial charge in [-0.1, -0.05) is 30.2 Å². The zero-order valence-electron chi connectivity index (χ0n) is 14.7. The Bertz CT molecular complexity index is 721. The first kappa shape index (κ1) is 18.7. The molecule has 2 N–H and O–H groups in total. The number of nitrogens with one attached hydrogen (secondary N) is 1. The van der Waals surface area contributed by atoms with E-state index in [1.165, 1.54) is 6.92 Å². The van der Waals surface area contributed by atoms with Gasteiger partial charge in [0.2, 0.25) is 11.8 Å². The summed E-state index contributed by atoms with van der Waals surface area (Å²) in [7, 11) is 0. The Morgan fingerprint density at radius 1 is 1.35 bits per heavy atom. The van der Waals surface area contributed by atoms with Gasteiger partial charge in [0, 0.05) is 25.0 Å². The fourth-order valence-electron chi connectivity index (χ4n) is 4.33. The lowest BCUT2D eigenvalue weighted by molar-refractivity contribution is -0.149. The summed E-state index contributed by atoms with van der Waals surface area (Å²) in [6, 6.07) is 6.55. The highest BCUT2D eigenvalue weighted by atomic mass is 35.5. The topological polar surface area (TPSA) is 86.7 Å². The van der Waals surface area contributed by atoms with Gasteiger partial charge in [0.15, 0.2) is 0 Å². The monoisotopic (exact) mass is 378 g/mol. The highest BCUT2D eigenvalue weighted by Crippen LogP contribution is 2.49. The van der Waals surface area contributed by atoms with Crippen molar-refractivity contribution in [1.82, 2.24) is 10.2 Å². The van der Waals surface area contributed by atoms with E-state index in [4.69, 9.17) is 11.6 Å². The van der Waals surface area contributed by atoms with Gasteiger partial charge in [-0.3, -0.25) is 14.4 Å². The van der Waals surface area contributed by atoms with E-state index in [9.17, 15) is 19.5 Å². The molecule has 26 heavy (non-hydrogen) atoms. The zero-order chi connectivity index (χ0) is 18.9. The SMILES string of the molecule is CC(=O)NC(CC(=O)N1C[C@@H]2CCC[C@@]2(C(=O)O)C1)c1ccc(Cl)cc1. The molecule has 1 aromatic rings. The molecule has 0 radical (unpaired) electrons. The van der Waals surface area contributed by atoms with Crippen molar-refractivity contribution in [3.8, 4) is 0 Å². The van der Waals surface area contributed by atoms with Crippen LogP contribution in [0.15, 0.2) is 24.3 Å². The van der Waals surface area contributed by atoms with Crippen LogP contribution >= 0.6 is 11.6 Å². The molecule has 0 spiro atoms. The Labute approximate surface area is 157 Å². The standard InChI is InChI=1S/C19H23ClN2O4/c1-12(23)21-16(13-4-6-15(20)7-5-13)9-17(24)22-10-14-3-2-8-19(14,11-22)18(25)26/h4-7,14,16H,2-3,8-11H2,1H3,(H,21,23)(H,25,26)/t14-,16?,19+/m0/s1. The Morgan fingerprint density at radius 3 is 2.62 bits per heavy atom. The van der Waals surface area contributed by atoms with E-state index in [0.29, 0.717) is 18.0 Å². The van der Waals surface area contributed by atoms with Gasteiger partial charge in [-0.15, -0.1) is 0 Å². The lowest BCUT2D eigenvalue weighted by Crippen LogP contribution is -2.38. The number of hydrogen-bond donors (Lipinski definition) is 2. The van der Waals surface area contributed by atoms with Crippen molar-refractivity contribution in [2.24, 2.45) is 11.3 Å². The zero-order valence-corrected chi connectivity index (χ0v) is 15.5. The van der Waals surface area contributed by atoms with Crippen LogP contribution in [0.4, 0.5) is 0 Å². The van der Waals surface area contributed by atoms with Crippen molar-refractivity contribution < 1.29 is 19.5 Å². The van der Waals surface area contributed by atoms with Crippen molar-refractivity contribution in [3.05, 3.63) is 34.9 Å². The van der Waals surface area contributed by atoms with E-state index in [0.717, 1.165) is 18.4 Å². The number of aliphatic carboxylic acids is 1. The lowest BCUT2D eigenvalue weighted by Gasteiger charge is -2.25. The van der Waals surface area contributed by atoms with E-state index in [1.54, 1.807) is 29.2 Å². The van der Waals surface area contributed by atoms with E-state index in [-0.39, 0.29) is 30.7 Å². The maximum atomic E-state index is 12.8. The molecule has 1 aromatic carbocycles. The van der Waals surface area contributed by atoms with Crippen LogP contribution in [0.2, 0.25) is 5.02 Å². The summed E-state index contributed by atoms with van der Waals surface area (Å²) in [4.78, 5) is 37.8. The molecular weight excluding hydrogens is 356 g/mol. The van der Waals surface area contributed by atoms with Crippen LogP contribution in [-0.2, 0) is 14.4 Å². The maximum Gasteiger partial charge on any atom is 0.311 e. The molecule has 3 rings (SSSR count). The Kier molecular flexibility index (Phi) is 5.23. The Balaban J connectivity index is 1.73. The van der Waals surface area contributed by atoms with Crippen molar-refractivity contribution in [2.45, 2.75) is 38.6 Å². The molecule has 6 nitrogen and oxygen atoms in total. The third kappa shape index (κ3) is 3.56. The van der Waals surface area contributed by atoms with E-state index in [2.05, 4.69) is 5.32 Å². The van der Waals surface area contributed by atoms with Gasteiger partial charge < -0.3 is 15.3 Å². The average molecular weight is 379 g/mol. The number of carboxylic acid groups (broad SMARTS) is 1. The summed E-state index contributed by atoms with van der Waals surface area (Å²) >= 11 is 5.91. The predicted octanol–water partition coefficient (Wildman–Crippen LogP) is 2.62. The van der Waals surface area contributed by atoms with E-state index in [1.807, 2.05) is 0 Å². The van der Waals surface area contributed by atoms with Gasteiger partial charge in [0.25, 0.3) is 0 Å². The molecule has 140 valence electrons. The van der Waals surface area contributed by atoms with Crippen LogP contribution in [0.25, 0.3) is 0 Å². The Morgan fingerprint density at radius 2 is 2.04 bits per heavy atom. The Hall–Kier alpha value is -2.08. The number of carbonyl (C=O) groups is 3. The van der Waals surface area contributed by atoms with Gasteiger partial charge in [0.05, 0.1) is 17.9 Å². The van der Waals surface area contributed by atoms with Crippen molar-refractivity contribution in [1.29, 1.82) is 0 Å². The number of fused-ring (bicyclic) bond motifs is 1. The van der Waals surface area contributed by atoms with Gasteiger partial charge in [-0.2, -0.15) is 0 Å². The fourth-order valence-corrected chi connectivity index (χ4v) is 4.45. The van der Waals surface area contributed by atoms with Gasteiger partial charge in [0.1, 0.15) is 0 Å². The molecule has 1 aliphatic carbocycles. The van der Waals surface area contributed by atoms with E-state index >= 15 is 0 Å². The first-order valence-corrected chi connectivity index (χ1v) is 9.23.